The quantitative estimate of drug-likeness (QED) is 0.262. The first-order valence-corrected chi connectivity index (χ1v) is 5.39. The van der Waals surface area contributed by atoms with Crippen molar-refractivity contribution in [2.24, 2.45) is 10.4 Å². The maximum absolute atomic E-state index is 8.10. The van der Waals surface area contributed by atoms with E-state index in [1.165, 1.54) is 0 Å². The second-order valence-electron chi connectivity index (χ2n) is 3.53. The molecule has 0 unspecified atom stereocenters. The molecular formula is C12H15N5O. The average Bonchev–Trinajstić information content (AvgIpc) is 2.42. The Bertz CT molecular complexity index is 486. The summed E-state index contributed by atoms with van der Waals surface area (Å²) in [6.45, 7) is 3.94. The van der Waals surface area contributed by atoms with E-state index < -0.39 is 0 Å². The van der Waals surface area contributed by atoms with Crippen molar-refractivity contribution in [2.75, 3.05) is 7.05 Å². The van der Waals surface area contributed by atoms with Gasteiger partial charge in [-0.3, -0.25) is 5.01 Å². The number of allylic oxidation sites excluding steroid dienone is 2. The van der Waals surface area contributed by atoms with Crippen molar-refractivity contribution in [3.8, 4) is 5.75 Å². The predicted octanol–water partition coefficient (Wildman–Crippen LogP) is 3.48. The van der Waals surface area contributed by atoms with Gasteiger partial charge in [0, 0.05) is 17.7 Å². The Morgan fingerprint density at radius 2 is 2.06 bits per heavy atom. The van der Waals surface area contributed by atoms with Crippen molar-refractivity contribution >= 4 is 6.21 Å². The van der Waals surface area contributed by atoms with E-state index in [-0.39, 0.29) is 0 Å². The van der Waals surface area contributed by atoms with Crippen LogP contribution in [0.25, 0.3) is 10.4 Å². The minimum absolute atomic E-state index is 0.489. The third-order valence-corrected chi connectivity index (χ3v) is 2.37. The van der Waals surface area contributed by atoms with Gasteiger partial charge < -0.3 is 4.84 Å². The Balaban J connectivity index is 2.68. The molecule has 94 valence electrons. The molecule has 0 saturated heterocycles. The van der Waals surface area contributed by atoms with Gasteiger partial charge in [0.15, 0.2) is 0 Å². The Morgan fingerprint density at radius 1 is 1.39 bits per heavy atom. The third kappa shape index (κ3) is 4.19. The van der Waals surface area contributed by atoms with Crippen LogP contribution in [-0.4, -0.2) is 18.3 Å². The van der Waals surface area contributed by atoms with Gasteiger partial charge in [-0.2, -0.15) is 5.10 Å². The van der Waals surface area contributed by atoms with Crippen LogP contribution < -0.4 is 4.84 Å². The van der Waals surface area contributed by atoms with Gasteiger partial charge in [-0.05, 0) is 49.2 Å². The molecule has 0 N–H and O–H groups in total. The van der Waals surface area contributed by atoms with E-state index >= 15 is 0 Å². The summed E-state index contributed by atoms with van der Waals surface area (Å²) in [7, 11) is 1.88. The van der Waals surface area contributed by atoms with Gasteiger partial charge in [0.1, 0.15) is 11.0 Å². The molecule has 18 heavy (non-hydrogen) atoms. The van der Waals surface area contributed by atoms with Crippen molar-refractivity contribution in [2.45, 2.75) is 13.8 Å². The molecule has 0 spiro atoms. The van der Waals surface area contributed by atoms with Crippen molar-refractivity contribution in [3.63, 3.8) is 0 Å². The molecule has 0 aliphatic carbocycles. The highest BCUT2D eigenvalue weighted by molar-refractivity contribution is 5.79. The van der Waals surface area contributed by atoms with Crippen LogP contribution in [0.2, 0.25) is 0 Å². The van der Waals surface area contributed by atoms with Gasteiger partial charge in [-0.25, -0.2) is 0 Å². The number of benzene rings is 1. The first-order chi connectivity index (χ1) is 8.67. The molecule has 0 bridgehead atoms. The van der Waals surface area contributed by atoms with E-state index in [1.807, 2.05) is 39.1 Å². The minimum atomic E-state index is 0.489. The summed E-state index contributed by atoms with van der Waals surface area (Å²) in [6.07, 6.45) is 3.72. The minimum Gasteiger partial charge on any atom is -0.394 e. The second kappa shape index (κ2) is 6.98. The molecule has 1 aromatic rings. The van der Waals surface area contributed by atoms with Gasteiger partial charge in [0.2, 0.25) is 0 Å². The van der Waals surface area contributed by atoms with Gasteiger partial charge in [0.25, 0.3) is 0 Å². The molecule has 0 radical (unpaired) electrons. The van der Waals surface area contributed by atoms with Crippen LogP contribution in [0.1, 0.15) is 19.4 Å². The van der Waals surface area contributed by atoms with Crippen LogP contribution in [0.3, 0.4) is 0 Å². The Morgan fingerprint density at radius 3 is 2.61 bits per heavy atom. The first-order valence-electron chi connectivity index (χ1n) is 5.39. The van der Waals surface area contributed by atoms with Crippen molar-refractivity contribution in [1.82, 2.24) is 5.01 Å². The zero-order chi connectivity index (χ0) is 13.4. The van der Waals surface area contributed by atoms with E-state index in [2.05, 4.69) is 15.3 Å². The fourth-order valence-corrected chi connectivity index (χ4v) is 1.11. The van der Waals surface area contributed by atoms with Gasteiger partial charge in [-0.1, -0.05) is 6.08 Å². The lowest BCUT2D eigenvalue weighted by Crippen LogP contribution is -2.07. The Hall–Kier alpha value is -2.46. The molecule has 0 aromatic heterocycles. The zero-order valence-corrected chi connectivity index (χ0v) is 10.6. The fourth-order valence-electron chi connectivity index (χ4n) is 1.11. The van der Waals surface area contributed by atoms with Gasteiger partial charge in [-0.15, -0.1) is 0 Å². The Kier molecular flexibility index (Phi) is 5.28. The SMILES string of the molecule is C/C=C(/C)N(C)/N=C/c1ccc(ON=[N+]=[N-])cc1. The zero-order valence-electron chi connectivity index (χ0n) is 10.6. The molecule has 0 heterocycles. The third-order valence-electron chi connectivity index (χ3n) is 2.37. The second-order valence-corrected chi connectivity index (χ2v) is 3.53. The topological polar surface area (TPSA) is 73.6 Å². The van der Waals surface area contributed by atoms with Crippen LogP contribution in [0.5, 0.6) is 5.75 Å². The largest absolute Gasteiger partial charge is 0.394 e. The predicted molar refractivity (Wildman–Crippen MR) is 71.0 cm³/mol. The molecule has 0 aliphatic rings. The monoisotopic (exact) mass is 245 g/mol. The van der Waals surface area contributed by atoms with E-state index in [9.17, 15) is 0 Å². The van der Waals surface area contributed by atoms with E-state index in [1.54, 1.807) is 23.4 Å². The number of nitrogens with zero attached hydrogens (tertiary/aromatic N) is 5. The van der Waals surface area contributed by atoms with E-state index in [0.717, 1.165) is 11.3 Å². The van der Waals surface area contributed by atoms with Crippen LogP contribution in [-0.2, 0) is 0 Å². The lowest BCUT2D eigenvalue weighted by atomic mass is 10.2. The van der Waals surface area contributed by atoms with Gasteiger partial charge >= 0.3 is 0 Å². The standard InChI is InChI=1S/C12H15N5O/c1-4-10(2)17(3)14-9-11-5-7-12(8-6-11)18-16-15-13/h4-9H,1-3H3/b10-4-,14-9+. The number of azide groups is 1. The van der Waals surface area contributed by atoms with Crippen molar-refractivity contribution in [3.05, 3.63) is 52.0 Å². The molecule has 1 aromatic carbocycles. The van der Waals surface area contributed by atoms with Crippen molar-refractivity contribution in [1.29, 1.82) is 0 Å². The molecule has 6 nitrogen and oxygen atoms in total. The highest BCUT2D eigenvalue weighted by Crippen LogP contribution is 2.11. The lowest BCUT2D eigenvalue weighted by Gasteiger charge is -2.12. The number of hydrogen-bond acceptors (Lipinski definition) is 4. The van der Waals surface area contributed by atoms with Crippen LogP contribution in [0.15, 0.2) is 46.4 Å². The number of rotatable bonds is 5. The summed E-state index contributed by atoms with van der Waals surface area (Å²) in [5.74, 6) is 0.489. The maximum Gasteiger partial charge on any atom is 0.136 e. The molecule has 0 saturated carbocycles. The summed E-state index contributed by atoms with van der Waals surface area (Å²) in [4.78, 5) is 7.24. The molecule has 6 heteroatoms. The summed E-state index contributed by atoms with van der Waals surface area (Å²) in [6, 6.07) is 7.06. The highest BCUT2D eigenvalue weighted by Gasteiger charge is 1.95. The maximum atomic E-state index is 8.10. The Labute approximate surface area is 106 Å². The molecule has 0 atom stereocenters. The van der Waals surface area contributed by atoms with Crippen LogP contribution >= 0.6 is 0 Å². The number of hydrazone groups is 1. The average molecular weight is 245 g/mol. The fraction of sp³-hybridized carbons (Fsp3) is 0.250. The molecule has 0 amide bonds. The molecular weight excluding hydrogens is 230 g/mol. The van der Waals surface area contributed by atoms with Crippen molar-refractivity contribution < 1.29 is 4.84 Å². The summed E-state index contributed by atoms with van der Waals surface area (Å²) in [5.41, 5.74) is 10.1. The molecule has 0 aliphatic heterocycles. The van der Waals surface area contributed by atoms with E-state index in [4.69, 9.17) is 10.4 Å². The highest BCUT2D eigenvalue weighted by atomic mass is 16.6. The summed E-state index contributed by atoms with van der Waals surface area (Å²) in [5, 5.41) is 9.07. The molecule has 0 fully saturated rings. The number of hydrogen-bond donors (Lipinski definition) is 0. The van der Waals surface area contributed by atoms with Gasteiger partial charge in [0.05, 0.1) is 6.21 Å². The summed E-state index contributed by atoms with van der Waals surface area (Å²) >= 11 is 0. The molecule has 1 rings (SSSR count). The summed E-state index contributed by atoms with van der Waals surface area (Å²) < 4.78 is 0. The first kappa shape index (κ1) is 13.6. The smallest absolute Gasteiger partial charge is 0.136 e. The lowest BCUT2D eigenvalue weighted by molar-refractivity contribution is 0.333. The van der Waals surface area contributed by atoms with Crippen LogP contribution in [0, 0.1) is 0 Å². The van der Waals surface area contributed by atoms with E-state index in [0.29, 0.717) is 5.75 Å². The normalized spacial score (nSPS) is 11.2. The van der Waals surface area contributed by atoms with Crippen LogP contribution in [0.4, 0.5) is 0 Å².